The summed E-state index contributed by atoms with van der Waals surface area (Å²) in [6.07, 6.45) is 2.14. The number of anilines is 3. The van der Waals surface area contributed by atoms with Crippen LogP contribution in [-0.2, 0) is 9.84 Å². The minimum Gasteiger partial charge on any atom is -0.383 e. The molecule has 1 aromatic carbocycles. The zero-order valence-corrected chi connectivity index (χ0v) is 13.1. The summed E-state index contributed by atoms with van der Waals surface area (Å²) in [5.41, 5.74) is 6.00. The number of halogens is 1. The van der Waals surface area contributed by atoms with Gasteiger partial charge >= 0.3 is 0 Å². The second-order valence-corrected chi connectivity index (χ2v) is 6.60. The molecule has 10 heteroatoms. The van der Waals surface area contributed by atoms with E-state index in [1.54, 1.807) is 0 Å². The molecule has 0 aliphatic heterocycles. The molecule has 0 atom stereocenters. The third-order valence-corrected chi connectivity index (χ3v) is 4.01. The van der Waals surface area contributed by atoms with Crippen LogP contribution in [0.2, 0.25) is 0 Å². The maximum Gasteiger partial charge on any atom is 0.256 e. The maximum atomic E-state index is 13.8. The van der Waals surface area contributed by atoms with Gasteiger partial charge in [-0.1, -0.05) is 0 Å². The number of carbonyl (C=O) groups excluding carboxylic acids is 1. The van der Waals surface area contributed by atoms with Crippen LogP contribution in [-0.4, -0.2) is 37.6 Å². The van der Waals surface area contributed by atoms with Gasteiger partial charge in [-0.15, -0.1) is 0 Å². The number of aromatic nitrogens is 2. The number of benzene rings is 1. The Morgan fingerprint density at radius 3 is 2.57 bits per heavy atom. The molecule has 0 bridgehead atoms. The number of nitrogens with one attached hydrogen (secondary N) is 2. The van der Waals surface area contributed by atoms with Crippen LogP contribution in [0.3, 0.4) is 0 Å². The van der Waals surface area contributed by atoms with Gasteiger partial charge in [0.05, 0.1) is 5.56 Å². The van der Waals surface area contributed by atoms with Gasteiger partial charge in [-0.05, 0) is 18.2 Å². The standard InChI is InChI=1S/C13H14FN5O3S/c1-16-12(20)8-6-17-13(19-11(8)15)18-7-3-4-10(9(14)5-7)23(2,21)22/h3-6H,1-2H3,(H,16,20)(H3,15,17,18,19). The molecular weight excluding hydrogens is 325 g/mol. The van der Waals surface area contributed by atoms with Gasteiger partial charge in [-0.2, -0.15) is 4.98 Å². The third-order valence-electron chi connectivity index (χ3n) is 2.88. The van der Waals surface area contributed by atoms with E-state index in [1.807, 2.05) is 0 Å². The lowest BCUT2D eigenvalue weighted by atomic mass is 10.3. The molecule has 0 radical (unpaired) electrons. The number of carbonyl (C=O) groups is 1. The first kappa shape index (κ1) is 16.6. The minimum atomic E-state index is -3.65. The molecule has 23 heavy (non-hydrogen) atoms. The van der Waals surface area contributed by atoms with Gasteiger partial charge in [0, 0.05) is 25.2 Å². The molecule has 0 aliphatic carbocycles. The summed E-state index contributed by atoms with van der Waals surface area (Å²) in [5, 5.41) is 5.07. The summed E-state index contributed by atoms with van der Waals surface area (Å²) in [6.45, 7) is 0. The van der Waals surface area contributed by atoms with E-state index in [9.17, 15) is 17.6 Å². The first-order valence-electron chi connectivity index (χ1n) is 6.33. The monoisotopic (exact) mass is 339 g/mol. The van der Waals surface area contributed by atoms with Gasteiger partial charge in [0.1, 0.15) is 16.5 Å². The van der Waals surface area contributed by atoms with Crippen LogP contribution in [0.5, 0.6) is 0 Å². The molecule has 0 aliphatic rings. The van der Waals surface area contributed by atoms with Crippen LogP contribution >= 0.6 is 0 Å². The Balaban J connectivity index is 2.28. The number of amides is 1. The number of rotatable bonds is 4. The molecule has 2 aromatic rings. The van der Waals surface area contributed by atoms with E-state index in [0.717, 1.165) is 18.4 Å². The van der Waals surface area contributed by atoms with Crippen LogP contribution in [0.15, 0.2) is 29.3 Å². The summed E-state index contributed by atoms with van der Waals surface area (Å²) >= 11 is 0. The number of hydrogen-bond acceptors (Lipinski definition) is 7. The first-order valence-corrected chi connectivity index (χ1v) is 8.22. The van der Waals surface area contributed by atoms with Gasteiger partial charge in [0.25, 0.3) is 5.91 Å². The van der Waals surface area contributed by atoms with Gasteiger partial charge in [-0.3, -0.25) is 4.79 Å². The van der Waals surface area contributed by atoms with Crippen molar-refractivity contribution in [1.29, 1.82) is 0 Å². The lowest BCUT2D eigenvalue weighted by Gasteiger charge is -2.09. The molecule has 0 unspecified atom stereocenters. The highest BCUT2D eigenvalue weighted by Crippen LogP contribution is 2.21. The van der Waals surface area contributed by atoms with Gasteiger partial charge in [-0.25, -0.2) is 17.8 Å². The van der Waals surface area contributed by atoms with Crippen molar-refractivity contribution in [1.82, 2.24) is 15.3 Å². The summed E-state index contributed by atoms with van der Waals surface area (Å²) in [7, 11) is -2.20. The summed E-state index contributed by atoms with van der Waals surface area (Å²) < 4.78 is 36.5. The van der Waals surface area contributed by atoms with Crippen molar-refractivity contribution >= 4 is 33.2 Å². The van der Waals surface area contributed by atoms with Crippen molar-refractivity contribution in [2.75, 3.05) is 24.4 Å². The topological polar surface area (TPSA) is 127 Å². The van der Waals surface area contributed by atoms with Crippen molar-refractivity contribution in [3.63, 3.8) is 0 Å². The van der Waals surface area contributed by atoms with Crippen molar-refractivity contribution in [2.24, 2.45) is 0 Å². The second kappa shape index (κ2) is 6.16. The molecule has 0 saturated carbocycles. The highest BCUT2D eigenvalue weighted by atomic mass is 32.2. The lowest BCUT2D eigenvalue weighted by molar-refractivity contribution is 0.0963. The lowest BCUT2D eigenvalue weighted by Crippen LogP contribution is -2.20. The molecule has 1 aromatic heterocycles. The fourth-order valence-electron chi connectivity index (χ4n) is 1.77. The zero-order chi connectivity index (χ0) is 17.2. The Labute approximate surface area is 131 Å². The Bertz CT molecular complexity index is 870. The van der Waals surface area contributed by atoms with E-state index in [-0.39, 0.29) is 23.0 Å². The van der Waals surface area contributed by atoms with E-state index < -0.39 is 26.5 Å². The van der Waals surface area contributed by atoms with Crippen LogP contribution in [0.1, 0.15) is 10.4 Å². The van der Waals surface area contributed by atoms with Crippen LogP contribution < -0.4 is 16.4 Å². The second-order valence-electron chi connectivity index (χ2n) is 4.61. The number of sulfone groups is 1. The predicted molar refractivity (Wildman–Crippen MR) is 82.6 cm³/mol. The Morgan fingerprint density at radius 2 is 2.04 bits per heavy atom. The normalized spacial score (nSPS) is 11.1. The molecule has 2 rings (SSSR count). The fraction of sp³-hybridized carbons (Fsp3) is 0.154. The summed E-state index contributed by atoms with van der Waals surface area (Å²) in [6, 6.07) is 3.50. The van der Waals surface area contributed by atoms with Crippen molar-refractivity contribution < 1.29 is 17.6 Å². The van der Waals surface area contributed by atoms with Crippen LogP contribution in [0, 0.1) is 5.82 Å². The predicted octanol–water partition coefficient (Wildman–Crippen LogP) is 0.705. The maximum absolute atomic E-state index is 13.8. The van der Waals surface area contributed by atoms with E-state index >= 15 is 0 Å². The van der Waals surface area contributed by atoms with Gasteiger partial charge < -0.3 is 16.4 Å². The molecule has 0 fully saturated rings. The van der Waals surface area contributed by atoms with Crippen LogP contribution in [0.4, 0.5) is 21.8 Å². The number of nitrogen functional groups attached to an aromatic ring is 1. The molecule has 122 valence electrons. The summed E-state index contributed by atoms with van der Waals surface area (Å²) in [5.74, 6) is -1.33. The van der Waals surface area contributed by atoms with Gasteiger partial charge in [0.15, 0.2) is 9.84 Å². The molecule has 1 amide bonds. The smallest absolute Gasteiger partial charge is 0.256 e. The SMILES string of the molecule is CNC(=O)c1cnc(Nc2ccc(S(C)(=O)=O)c(F)c2)nc1N. The molecular formula is C13H14FN5O3S. The minimum absolute atomic E-state index is 0.0432. The van der Waals surface area contributed by atoms with Crippen molar-refractivity contribution in [3.8, 4) is 0 Å². The van der Waals surface area contributed by atoms with Crippen LogP contribution in [0.25, 0.3) is 0 Å². The number of nitrogens with two attached hydrogens (primary N) is 1. The number of hydrogen-bond donors (Lipinski definition) is 3. The first-order chi connectivity index (χ1) is 10.7. The molecule has 8 nitrogen and oxygen atoms in total. The van der Waals surface area contributed by atoms with Crippen molar-refractivity contribution in [2.45, 2.75) is 4.90 Å². The van der Waals surface area contributed by atoms with E-state index in [0.29, 0.717) is 0 Å². The molecule has 0 saturated heterocycles. The molecule has 4 N–H and O–H groups in total. The average Bonchev–Trinajstić information content (AvgIpc) is 2.45. The van der Waals surface area contributed by atoms with E-state index in [2.05, 4.69) is 20.6 Å². The average molecular weight is 339 g/mol. The quantitative estimate of drug-likeness (QED) is 0.748. The largest absolute Gasteiger partial charge is 0.383 e. The molecule has 1 heterocycles. The Morgan fingerprint density at radius 1 is 1.35 bits per heavy atom. The Kier molecular flexibility index (Phi) is 4.45. The van der Waals surface area contributed by atoms with Gasteiger partial charge in [0.2, 0.25) is 5.95 Å². The highest BCUT2D eigenvalue weighted by Gasteiger charge is 2.15. The zero-order valence-electron chi connectivity index (χ0n) is 12.3. The molecule has 0 spiro atoms. The van der Waals surface area contributed by atoms with E-state index in [1.165, 1.54) is 19.3 Å². The third kappa shape index (κ3) is 3.72. The van der Waals surface area contributed by atoms with Crippen molar-refractivity contribution in [3.05, 3.63) is 35.8 Å². The number of nitrogens with zero attached hydrogens (tertiary/aromatic N) is 2. The van der Waals surface area contributed by atoms with E-state index in [4.69, 9.17) is 5.73 Å². The Hall–Kier alpha value is -2.75. The fourth-order valence-corrected chi connectivity index (χ4v) is 2.50. The highest BCUT2D eigenvalue weighted by molar-refractivity contribution is 7.90. The summed E-state index contributed by atoms with van der Waals surface area (Å²) in [4.78, 5) is 18.9.